The summed E-state index contributed by atoms with van der Waals surface area (Å²) in [4.78, 5) is 11.6. The number of carboxylic acids is 1. The molecule has 1 aliphatic heterocycles. The van der Waals surface area contributed by atoms with Gasteiger partial charge in [0.15, 0.2) is 11.5 Å². The number of hydrogen-bond acceptors (Lipinski definition) is 8. The molecule has 5 atom stereocenters. The molecule has 5 rings (SSSR count). The SMILES string of the molecule is COc1cc(C(=O)O)ccc1O[C@@H]1O[C@H](CO)[C@@H](OCc2ccc(CCC(F)(F)C(F)(F)C(F)(F)C(F)(F)C(F)(F)C(F)(F)F)cc2)[C@H](OCc2ccccc2)[C@H]1OCc1ccccc1. The quantitative estimate of drug-likeness (QED) is 0.0789. The van der Waals surface area contributed by atoms with Gasteiger partial charge in [0.1, 0.15) is 24.4 Å². The van der Waals surface area contributed by atoms with Gasteiger partial charge in [0.05, 0.1) is 39.1 Å². The average molecular weight is 947 g/mol. The zero-order valence-corrected chi connectivity index (χ0v) is 33.6. The second-order valence-electron chi connectivity index (χ2n) is 14.6. The van der Waals surface area contributed by atoms with Gasteiger partial charge in [-0.25, -0.2) is 4.79 Å². The molecule has 65 heavy (non-hydrogen) atoms. The van der Waals surface area contributed by atoms with Crippen molar-refractivity contribution in [3.63, 3.8) is 0 Å². The molecule has 2 N–H and O–H groups in total. The van der Waals surface area contributed by atoms with Crippen molar-refractivity contribution in [2.24, 2.45) is 0 Å². The minimum absolute atomic E-state index is 0.00179. The lowest BCUT2D eigenvalue weighted by Gasteiger charge is -2.45. The number of alkyl halides is 13. The summed E-state index contributed by atoms with van der Waals surface area (Å²) in [5.41, 5.74) is 1.19. The maximum atomic E-state index is 14.5. The molecule has 0 spiro atoms. The average Bonchev–Trinajstić information content (AvgIpc) is 3.26. The lowest BCUT2D eigenvalue weighted by Crippen LogP contribution is -2.70. The standard InChI is InChI=1S/C43H39F13O9/c1-60-31-20-29(36(58)59)16-17-30(31)64-37-35(63-23-27-10-6-3-7-11-27)34(62-22-26-8-4-2-5-9-26)33(32(21-57)65-37)61-24-28-14-12-25(13-15-28)18-19-38(44,45)39(46,47)40(48,49)41(50,51)42(52,53)43(54,55)56/h2-17,20,32-35,37,57H,18-19,21-24H2,1H3,(H,58,59)/t32-,33-,34+,35-,37-/m1/s1. The number of aryl methyl sites for hydroxylation is 1. The van der Waals surface area contributed by atoms with Gasteiger partial charge in [0.2, 0.25) is 6.29 Å². The van der Waals surface area contributed by atoms with E-state index in [-0.39, 0.29) is 48.0 Å². The number of methoxy groups -OCH3 is 1. The lowest BCUT2D eigenvalue weighted by molar-refractivity contribution is -0.440. The smallest absolute Gasteiger partial charge is 0.460 e. The molecule has 22 heteroatoms. The predicted octanol–water partition coefficient (Wildman–Crippen LogP) is 9.92. The molecule has 1 fully saturated rings. The van der Waals surface area contributed by atoms with Crippen molar-refractivity contribution >= 4 is 5.97 Å². The first-order valence-electron chi connectivity index (χ1n) is 19.2. The van der Waals surface area contributed by atoms with Crippen molar-refractivity contribution in [1.82, 2.24) is 0 Å². The normalized spacial score (nSPS) is 20.1. The lowest BCUT2D eigenvalue weighted by atomic mass is 9.91. The summed E-state index contributed by atoms with van der Waals surface area (Å²) in [5, 5.41) is 20.1. The van der Waals surface area contributed by atoms with Gasteiger partial charge in [-0.15, -0.1) is 0 Å². The van der Waals surface area contributed by atoms with Crippen LogP contribution in [-0.2, 0) is 45.2 Å². The van der Waals surface area contributed by atoms with Gasteiger partial charge in [0.25, 0.3) is 0 Å². The summed E-state index contributed by atoms with van der Waals surface area (Å²) in [6.45, 7) is -1.18. The van der Waals surface area contributed by atoms with Crippen LogP contribution in [0.15, 0.2) is 103 Å². The molecule has 4 aromatic rings. The second kappa shape index (κ2) is 20.1. The third-order valence-corrected chi connectivity index (χ3v) is 10.2. The van der Waals surface area contributed by atoms with Crippen LogP contribution in [0.1, 0.15) is 39.0 Å². The third kappa shape index (κ3) is 10.9. The molecule has 0 amide bonds. The number of aromatic carboxylic acids is 1. The Labute approximate surface area is 361 Å². The first-order valence-corrected chi connectivity index (χ1v) is 19.2. The van der Waals surface area contributed by atoms with Crippen LogP contribution in [0.5, 0.6) is 11.5 Å². The van der Waals surface area contributed by atoms with Crippen LogP contribution in [0.2, 0.25) is 0 Å². The van der Waals surface area contributed by atoms with Crippen LogP contribution in [0.3, 0.4) is 0 Å². The van der Waals surface area contributed by atoms with Crippen LogP contribution >= 0.6 is 0 Å². The molecular weight excluding hydrogens is 907 g/mol. The molecule has 1 heterocycles. The molecule has 4 aromatic carbocycles. The summed E-state index contributed by atoms with van der Waals surface area (Å²) >= 11 is 0. The fourth-order valence-electron chi connectivity index (χ4n) is 6.50. The zero-order chi connectivity index (χ0) is 48.0. The van der Waals surface area contributed by atoms with Crippen LogP contribution in [0.4, 0.5) is 57.1 Å². The molecular formula is C43H39F13O9. The van der Waals surface area contributed by atoms with E-state index in [9.17, 15) is 72.1 Å². The molecule has 1 saturated heterocycles. The highest BCUT2D eigenvalue weighted by atomic mass is 19.4. The summed E-state index contributed by atoms with van der Waals surface area (Å²) in [5.74, 6) is -38.5. The van der Waals surface area contributed by atoms with E-state index >= 15 is 0 Å². The van der Waals surface area contributed by atoms with E-state index in [2.05, 4.69) is 0 Å². The Morgan fingerprint density at radius 2 is 1.06 bits per heavy atom. The number of aliphatic hydroxyl groups is 1. The van der Waals surface area contributed by atoms with E-state index < -0.39 is 91.9 Å². The number of aliphatic hydroxyl groups excluding tert-OH is 1. The van der Waals surface area contributed by atoms with Gasteiger partial charge in [-0.2, -0.15) is 57.1 Å². The second-order valence-corrected chi connectivity index (χ2v) is 14.6. The molecule has 9 nitrogen and oxygen atoms in total. The van der Waals surface area contributed by atoms with Crippen LogP contribution in [0, 0.1) is 0 Å². The Morgan fingerprint density at radius 3 is 1.55 bits per heavy atom. The Kier molecular flexibility index (Phi) is 15.8. The van der Waals surface area contributed by atoms with E-state index in [4.69, 9.17) is 28.4 Å². The Balaban J connectivity index is 1.38. The molecule has 356 valence electrons. The molecule has 1 aliphatic rings. The number of carboxylic acid groups (broad SMARTS) is 1. The van der Waals surface area contributed by atoms with Gasteiger partial charge in [-0.1, -0.05) is 84.9 Å². The fourth-order valence-corrected chi connectivity index (χ4v) is 6.50. The summed E-state index contributed by atoms with van der Waals surface area (Å²) in [6.07, 6.45) is -17.3. The predicted molar refractivity (Wildman–Crippen MR) is 200 cm³/mol. The maximum absolute atomic E-state index is 14.5. The van der Waals surface area contributed by atoms with Gasteiger partial charge < -0.3 is 38.6 Å². The number of benzene rings is 4. The highest BCUT2D eigenvalue weighted by Gasteiger charge is 2.90. The summed E-state index contributed by atoms with van der Waals surface area (Å²) in [6, 6.07) is 25.8. The zero-order valence-electron chi connectivity index (χ0n) is 33.6. The highest BCUT2D eigenvalue weighted by Crippen LogP contribution is 2.60. The van der Waals surface area contributed by atoms with Crippen LogP contribution < -0.4 is 9.47 Å². The van der Waals surface area contributed by atoms with Gasteiger partial charge in [0, 0.05) is 6.42 Å². The fraction of sp³-hybridized carbons (Fsp3) is 0.419. The molecule has 0 bridgehead atoms. The van der Waals surface area contributed by atoms with Crippen molar-refractivity contribution in [2.75, 3.05) is 13.7 Å². The molecule has 0 aliphatic carbocycles. The first-order chi connectivity index (χ1) is 30.4. The minimum atomic E-state index is -7.98. The van der Waals surface area contributed by atoms with Crippen LogP contribution in [0.25, 0.3) is 0 Å². The largest absolute Gasteiger partial charge is 0.493 e. The number of ether oxygens (including phenoxy) is 6. The van der Waals surface area contributed by atoms with E-state index in [1.807, 2.05) is 0 Å². The molecule has 0 aromatic heterocycles. The summed E-state index contributed by atoms with van der Waals surface area (Å²) in [7, 11) is 1.27. The Hall–Kier alpha value is -5.16. The van der Waals surface area contributed by atoms with E-state index in [0.29, 0.717) is 11.1 Å². The van der Waals surface area contributed by atoms with Gasteiger partial charge in [-0.05, 0) is 46.9 Å². The monoisotopic (exact) mass is 946 g/mol. The molecule has 0 saturated carbocycles. The highest BCUT2D eigenvalue weighted by molar-refractivity contribution is 5.88. The molecule has 0 radical (unpaired) electrons. The van der Waals surface area contributed by atoms with Crippen LogP contribution in [-0.4, -0.2) is 96.4 Å². The Bertz CT molecular complexity index is 2160. The first kappa shape index (κ1) is 50.8. The van der Waals surface area contributed by atoms with E-state index in [0.717, 1.165) is 12.1 Å². The molecule has 0 unspecified atom stereocenters. The minimum Gasteiger partial charge on any atom is -0.493 e. The van der Waals surface area contributed by atoms with E-state index in [1.54, 1.807) is 60.7 Å². The Morgan fingerprint density at radius 1 is 0.585 bits per heavy atom. The van der Waals surface area contributed by atoms with Crippen molar-refractivity contribution in [2.45, 2.75) is 99.2 Å². The van der Waals surface area contributed by atoms with E-state index in [1.165, 1.54) is 37.4 Å². The maximum Gasteiger partial charge on any atom is 0.460 e. The summed E-state index contributed by atoms with van der Waals surface area (Å²) < 4.78 is 214. The third-order valence-electron chi connectivity index (χ3n) is 10.2. The van der Waals surface area contributed by atoms with Gasteiger partial charge >= 0.3 is 41.8 Å². The topological polar surface area (TPSA) is 113 Å². The number of halogens is 13. The van der Waals surface area contributed by atoms with Gasteiger partial charge in [-0.3, -0.25) is 0 Å². The van der Waals surface area contributed by atoms with Crippen molar-refractivity contribution in [1.29, 1.82) is 0 Å². The van der Waals surface area contributed by atoms with Crippen molar-refractivity contribution in [3.8, 4) is 11.5 Å². The number of carbonyl (C=O) groups is 1. The van der Waals surface area contributed by atoms with Crippen molar-refractivity contribution in [3.05, 3.63) is 131 Å². The van der Waals surface area contributed by atoms with Crippen molar-refractivity contribution < 1.29 is 101 Å². The number of rotatable bonds is 21. The number of hydrogen-bond donors (Lipinski definition) is 2.